The van der Waals surface area contributed by atoms with E-state index >= 15 is 0 Å². The Morgan fingerprint density at radius 1 is 0.640 bits per heavy atom. The van der Waals surface area contributed by atoms with Gasteiger partial charge in [-0.1, -0.05) is 11.8 Å². The Hall–Kier alpha value is -2.86. The van der Waals surface area contributed by atoms with Crippen LogP contribution in [0.5, 0.6) is 0 Å². The third-order valence-electron chi connectivity index (χ3n) is 5.00. The van der Waals surface area contributed by atoms with Gasteiger partial charge in [0, 0.05) is 24.8 Å². The van der Waals surface area contributed by atoms with Gasteiger partial charge in [0.15, 0.2) is 0 Å². The Balaban J connectivity index is 1.70. The average Bonchev–Trinajstić information content (AvgIpc) is 2.65. The van der Waals surface area contributed by atoms with Crippen LogP contribution in [0, 0.1) is 0 Å². The van der Waals surface area contributed by atoms with Crippen LogP contribution in [0.25, 0.3) is 22.1 Å². The lowest BCUT2D eigenvalue weighted by Crippen LogP contribution is -2.28. The fourth-order valence-corrected chi connectivity index (χ4v) is 5.23. The largest absolute Gasteiger partial charge is 0.286 e. The maximum absolute atomic E-state index is 12.7. The van der Waals surface area contributed by atoms with E-state index in [1.54, 1.807) is 24.8 Å². The smallest absolute Gasteiger partial charge is 0.201 e. The molecule has 3 aliphatic rings. The lowest BCUT2D eigenvalue weighted by atomic mass is 9.77. The standard InChI is InChI=1S/C19H10N4OS/c24-19-17-9-5-13-15(22-3-1-20-13)7-11(9)18(25-19)12-8-16-14(6-10(12)17)21-2-4-23-16/h1-8,17-18H. The van der Waals surface area contributed by atoms with Crippen molar-refractivity contribution in [1.29, 1.82) is 0 Å². The summed E-state index contributed by atoms with van der Waals surface area (Å²) in [4.78, 5) is 30.4. The molecule has 0 fully saturated rings. The van der Waals surface area contributed by atoms with Crippen molar-refractivity contribution in [2.24, 2.45) is 0 Å². The predicted octanol–water partition coefficient (Wildman–Crippen LogP) is 3.38. The van der Waals surface area contributed by atoms with Gasteiger partial charge in [-0.25, -0.2) is 0 Å². The fraction of sp³-hybridized carbons (Fsp3) is 0.105. The zero-order valence-corrected chi connectivity index (χ0v) is 13.7. The van der Waals surface area contributed by atoms with Gasteiger partial charge in [-0.15, -0.1) is 0 Å². The Kier molecular flexibility index (Phi) is 2.48. The highest BCUT2D eigenvalue weighted by Crippen LogP contribution is 2.56. The molecule has 25 heavy (non-hydrogen) atoms. The monoisotopic (exact) mass is 342 g/mol. The minimum atomic E-state index is -0.266. The molecule has 118 valence electrons. The number of carbonyl (C=O) groups excluding carboxylic acids is 1. The summed E-state index contributed by atoms with van der Waals surface area (Å²) < 4.78 is 0. The number of hydrogen-bond acceptors (Lipinski definition) is 6. The van der Waals surface area contributed by atoms with Crippen LogP contribution in [-0.2, 0) is 4.79 Å². The minimum absolute atomic E-state index is 0.0136. The highest BCUT2D eigenvalue weighted by atomic mass is 32.2. The summed E-state index contributed by atoms with van der Waals surface area (Å²) in [7, 11) is 0. The van der Waals surface area contributed by atoms with E-state index in [9.17, 15) is 4.79 Å². The molecule has 6 heteroatoms. The molecule has 0 N–H and O–H groups in total. The molecule has 4 aromatic rings. The first-order valence-corrected chi connectivity index (χ1v) is 8.87. The lowest BCUT2D eigenvalue weighted by Gasteiger charge is -2.38. The topological polar surface area (TPSA) is 68.6 Å². The number of rotatable bonds is 0. The molecule has 4 heterocycles. The first-order valence-electron chi connectivity index (χ1n) is 7.99. The number of nitrogens with zero attached hydrogens (tertiary/aromatic N) is 4. The van der Waals surface area contributed by atoms with Crippen LogP contribution in [-0.4, -0.2) is 25.1 Å². The summed E-state index contributed by atoms with van der Waals surface area (Å²) in [5.41, 5.74) is 7.82. The van der Waals surface area contributed by atoms with Gasteiger partial charge < -0.3 is 0 Å². The van der Waals surface area contributed by atoms with Gasteiger partial charge >= 0.3 is 0 Å². The van der Waals surface area contributed by atoms with Gasteiger partial charge in [0.1, 0.15) is 0 Å². The summed E-state index contributed by atoms with van der Waals surface area (Å²) in [5, 5.41) is 0.178. The highest BCUT2D eigenvalue weighted by Gasteiger charge is 2.44. The number of thioether (sulfide) groups is 1. The van der Waals surface area contributed by atoms with E-state index in [1.165, 1.54) is 22.9 Å². The van der Waals surface area contributed by atoms with Crippen molar-refractivity contribution >= 4 is 38.9 Å². The lowest BCUT2D eigenvalue weighted by molar-refractivity contribution is -0.111. The van der Waals surface area contributed by atoms with E-state index < -0.39 is 0 Å². The normalized spacial score (nSPS) is 20.7. The average molecular weight is 342 g/mol. The molecular formula is C19H10N4OS. The maximum atomic E-state index is 12.7. The zero-order valence-electron chi connectivity index (χ0n) is 12.9. The zero-order chi connectivity index (χ0) is 16.5. The molecule has 0 spiro atoms. The highest BCUT2D eigenvalue weighted by molar-refractivity contribution is 8.14. The predicted molar refractivity (Wildman–Crippen MR) is 95.4 cm³/mol. The third-order valence-corrected chi connectivity index (χ3v) is 6.22. The van der Waals surface area contributed by atoms with Crippen molar-refractivity contribution in [2.45, 2.75) is 11.2 Å². The van der Waals surface area contributed by atoms with E-state index in [0.29, 0.717) is 0 Å². The number of aromatic nitrogens is 4. The first-order chi connectivity index (χ1) is 12.3. The van der Waals surface area contributed by atoms with E-state index in [1.807, 2.05) is 12.1 Å². The van der Waals surface area contributed by atoms with Crippen molar-refractivity contribution in [3.05, 3.63) is 71.3 Å². The Bertz CT molecular complexity index is 1140. The van der Waals surface area contributed by atoms with Crippen molar-refractivity contribution in [1.82, 2.24) is 19.9 Å². The summed E-state index contributed by atoms with van der Waals surface area (Å²) in [6, 6.07) is 8.21. The molecule has 0 unspecified atom stereocenters. The van der Waals surface area contributed by atoms with Gasteiger partial charge in [0.25, 0.3) is 0 Å². The summed E-state index contributed by atoms with van der Waals surface area (Å²) >= 11 is 1.40. The molecule has 2 bridgehead atoms. The number of fused-ring (bicyclic) bond motifs is 3. The molecule has 1 aliphatic carbocycles. The second kappa shape index (κ2) is 4.61. The van der Waals surface area contributed by atoms with Crippen LogP contribution in [0.2, 0.25) is 0 Å². The quantitative estimate of drug-likeness (QED) is 0.488. The summed E-state index contributed by atoms with van der Waals surface area (Å²) in [5.74, 6) is -0.266. The SMILES string of the molecule is O=C1SC2c3cc4nccnc4cc3C1c1cc3nccnc3cc12. The summed E-state index contributed by atoms with van der Waals surface area (Å²) in [6.07, 6.45) is 6.77. The molecule has 0 atom stereocenters. The molecule has 0 saturated carbocycles. The molecule has 5 nitrogen and oxygen atoms in total. The van der Waals surface area contributed by atoms with Crippen LogP contribution >= 0.6 is 11.8 Å². The molecule has 0 amide bonds. The van der Waals surface area contributed by atoms with Crippen LogP contribution in [0.4, 0.5) is 0 Å². The Morgan fingerprint density at radius 3 is 1.48 bits per heavy atom. The van der Waals surface area contributed by atoms with Gasteiger partial charge in [-0.3, -0.25) is 24.7 Å². The molecule has 0 saturated heterocycles. The first kappa shape index (κ1) is 13.4. The van der Waals surface area contributed by atoms with Gasteiger partial charge in [0.05, 0.1) is 33.2 Å². The van der Waals surface area contributed by atoms with E-state index in [4.69, 9.17) is 0 Å². The molecule has 2 aliphatic heterocycles. The fourth-order valence-electron chi connectivity index (χ4n) is 3.94. The van der Waals surface area contributed by atoms with Crippen molar-refractivity contribution in [2.75, 3.05) is 0 Å². The number of hydrogen-bond donors (Lipinski definition) is 0. The second-order valence-electron chi connectivity index (χ2n) is 6.30. The molecular weight excluding hydrogens is 332 g/mol. The Morgan fingerprint density at radius 2 is 1.04 bits per heavy atom. The third kappa shape index (κ3) is 1.72. The van der Waals surface area contributed by atoms with Crippen molar-refractivity contribution < 1.29 is 4.79 Å². The molecule has 2 aromatic heterocycles. The minimum Gasteiger partial charge on any atom is -0.286 e. The Labute approximate surface area is 146 Å². The summed E-state index contributed by atoms with van der Waals surface area (Å²) in [6.45, 7) is 0. The van der Waals surface area contributed by atoms with E-state index in [0.717, 1.165) is 33.2 Å². The van der Waals surface area contributed by atoms with Gasteiger partial charge in [-0.05, 0) is 46.5 Å². The van der Waals surface area contributed by atoms with Crippen LogP contribution in [0.1, 0.15) is 33.4 Å². The van der Waals surface area contributed by atoms with Crippen molar-refractivity contribution in [3.63, 3.8) is 0 Å². The number of carbonyl (C=O) groups is 1. The van der Waals surface area contributed by atoms with Gasteiger partial charge in [0.2, 0.25) is 5.12 Å². The van der Waals surface area contributed by atoms with E-state index in [2.05, 4.69) is 32.1 Å². The van der Waals surface area contributed by atoms with Gasteiger partial charge in [-0.2, -0.15) is 0 Å². The van der Waals surface area contributed by atoms with Crippen LogP contribution in [0.15, 0.2) is 49.1 Å². The van der Waals surface area contributed by atoms with Crippen LogP contribution < -0.4 is 0 Å². The molecule has 0 radical (unpaired) electrons. The maximum Gasteiger partial charge on any atom is 0.201 e. The second-order valence-corrected chi connectivity index (χ2v) is 7.41. The molecule has 2 aromatic carbocycles. The number of benzene rings is 2. The van der Waals surface area contributed by atoms with E-state index in [-0.39, 0.29) is 16.3 Å². The molecule has 7 rings (SSSR count). The van der Waals surface area contributed by atoms with Crippen molar-refractivity contribution in [3.8, 4) is 0 Å². The van der Waals surface area contributed by atoms with Crippen LogP contribution in [0.3, 0.4) is 0 Å².